The number of nitrogens with one attached hydrogen (secondary N) is 1. The number of hydrogen-bond donors (Lipinski definition) is 2. The van der Waals surface area contributed by atoms with E-state index in [-0.39, 0.29) is 15.6 Å². The summed E-state index contributed by atoms with van der Waals surface area (Å²) in [6, 6.07) is 18.6. The van der Waals surface area contributed by atoms with Crippen LogP contribution in [0.5, 0.6) is 0 Å². The van der Waals surface area contributed by atoms with E-state index in [2.05, 4.69) is 0 Å². The molecule has 0 saturated heterocycles. The number of amidine groups is 1. The summed E-state index contributed by atoms with van der Waals surface area (Å²) in [6.07, 6.45) is 0. The minimum absolute atomic E-state index is 0.0888. The molecule has 0 fully saturated rings. The van der Waals surface area contributed by atoms with Crippen molar-refractivity contribution >= 4 is 26.4 Å². The van der Waals surface area contributed by atoms with Crippen LogP contribution < -0.4 is 5.73 Å². The molecule has 0 aliphatic heterocycles. The van der Waals surface area contributed by atoms with Crippen molar-refractivity contribution in [2.45, 2.75) is 9.79 Å². The summed E-state index contributed by atoms with van der Waals surface area (Å²) < 4.78 is 25.7. The first-order valence-electron chi connectivity index (χ1n) is 6.67. The third kappa shape index (κ3) is 2.35. The van der Waals surface area contributed by atoms with Crippen molar-refractivity contribution in [1.29, 1.82) is 5.41 Å². The van der Waals surface area contributed by atoms with Gasteiger partial charge >= 0.3 is 0 Å². The number of hydrogen-bond acceptors (Lipinski definition) is 3. The van der Waals surface area contributed by atoms with Crippen LogP contribution in [0.2, 0.25) is 0 Å². The van der Waals surface area contributed by atoms with Crippen LogP contribution >= 0.6 is 0 Å². The lowest BCUT2D eigenvalue weighted by Crippen LogP contribution is -2.11. The summed E-state index contributed by atoms with van der Waals surface area (Å²) in [5.74, 6) is -0.0888. The standard InChI is InChI=1S/C17H14N2O2S/c18-17(19)13-8-10-14(11-9-13)22(20,21)16-7-3-5-12-4-1-2-6-15(12)16/h1-11H,(H3,18,19). The quantitative estimate of drug-likeness (QED) is 0.576. The molecular formula is C17H14N2O2S. The summed E-state index contributed by atoms with van der Waals surface area (Å²) in [5.41, 5.74) is 5.89. The van der Waals surface area contributed by atoms with Gasteiger partial charge in [-0.05, 0) is 35.7 Å². The Morgan fingerprint density at radius 3 is 2.18 bits per heavy atom. The second-order valence-electron chi connectivity index (χ2n) is 4.92. The average molecular weight is 310 g/mol. The minimum Gasteiger partial charge on any atom is -0.384 e. The molecule has 3 rings (SSSR count). The van der Waals surface area contributed by atoms with E-state index in [0.29, 0.717) is 10.9 Å². The fourth-order valence-corrected chi connectivity index (χ4v) is 3.85. The molecule has 22 heavy (non-hydrogen) atoms. The maximum atomic E-state index is 12.8. The van der Waals surface area contributed by atoms with Gasteiger partial charge in [0.25, 0.3) is 0 Å². The third-order valence-electron chi connectivity index (χ3n) is 3.51. The van der Waals surface area contributed by atoms with E-state index < -0.39 is 9.84 Å². The van der Waals surface area contributed by atoms with Crippen molar-refractivity contribution in [3.05, 3.63) is 72.3 Å². The highest BCUT2D eigenvalue weighted by molar-refractivity contribution is 7.91. The number of rotatable bonds is 3. The third-order valence-corrected chi connectivity index (χ3v) is 5.34. The molecule has 3 aromatic rings. The Labute approximate surface area is 128 Å². The second kappa shape index (κ2) is 5.27. The molecule has 0 spiro atoms. The van der Waals surface area contributed by atoms with E-state index in [9.17, 15) is 8.42 Å². The maximum Gasteiger partial charge on any atom is 0.207 e. The van der Waals surface area contributed by atoms with Gasteiger partial charge in [0, 0.05) is 10.9 Å². The molecule has 0 saturated carbocycles. The van der Waals surface area contributed by atoms with Crippen molar-refractivity contribution in [2.75, 3.05) is 0 Å². The van der Waals surface area contributed by atoms with E-state index in [1.165, 1.54) is 12.1 Å². The van der Waals surface area contributed by atoms with Gasteiger partial charge in [0.15, 0.2) is 0 Å². The van der Waals surface area contributed by atoms with Gasteiger partial charge in [0.2, 0.25) is 9.84 Å². The van der Waals surface area contributed by atoms with Crippen LogP contribution in [-0.4, -0.2) is 14.3 Å². The molecule has 110 valence electrons. The molecule has 5 heteroatoms. The van der Waals surface area contributed by atoms with Crippen molar-refractivity contribution in [3.63, 3.8) is 0 Å². The largest absolute Gasteiger partial charge is 0.384 e. The molecule has 0 aliphatic rings. The Bertz CT molecular complexity index is 956. The summed E-state index contributed by atoms with van der Waals surface area (Å²) in [5, 5.41) is 8.94. The molecule has 0 heterocycles. The van der Waals surface area contributed by atoms with Gasteiger partial charge < -0.3 is 5.73 Å². The van der Waals surface area contributed by atoms with Crippen LogP contribution in [0.15, 0.2) is 76.5 Å². The van der Waals surface area contributed by atoms with Crippen LogP contribution in [0.4, 0.5) is 0 Å². The number of fused-ring (bicyclic) bond motifs is 1. The van der Waals surface area contributed by atoms with Gasteiger partial charge in [-0.1, -0.05) is 36.4 Å². The van der Waals surface area contributed by atoms with Gasteiger partial charge in [0.1, 0.15) is 5.84 Å². The van der Waals surface area contributed by atoms with Gasteiger partial charge in [-0.2, -0.15) is 0 Å². The van der Waals surface area contributed by atoms with E-state index in [0.717, 1.165) is 5.39 Å². The zero-order valence-corrected chi connectivity index (χ0v) is 12.5. The van der Waals surface area contributed by atoms with Crippen LogP contribution in [-0.2, 0) is 9.84 Å². The second-order valence-corrected chi connectivity index (χ2v) is 6.84. The van der Waals surface area contributed by atoms with Gasteiger partial charge in [-0.15, -0.1) is 0 Å². The molecule has 3 N–H and O–H groups in total. The van der Waals surface area contributed by atoms with Gasteiger partial charge in [0.05, 0.1) is 9.79 Å². The summed E-state index contributed by atoms with van der Waals surface area (Å²) in [6.45, 7) is 0. The lowest BCUT2D eigenvalue weighted by atomic mass is 10.1. The fourth-order valence-electron chi connectivity index (χ4n) is 2.37. The SMILES string of the molecule is N=C(N)c1ccc(S(=O)(=O)c2cccc3ccccc23)cc1. The molecule has 0 atom stereocenters. The van der Waals surface area contributed by atoms with E-state index in [4.69, 9.17) is 11.1 Å². The normalized spacial score (nSPS) is 11.5. The predicted molar refractivity (Wildman–Crippen MR) is 86.9 cm³/mol. The van der Waals surface area contributed by atoms with E-state index >= 15 is 0 Å². The summed E-state index contributed by atoms with van der Waals surface area (Å²) >= 11 is 0. The topological polar surface area (TPSA) is 84.0 Å². The zero-order valence-electron chi connectivity index (χ0n) is 11.7. The van der Waals surface area contributed by atoms with Crippen molar-refractivity contribution in [3.8, 4) is 0 Å². The Hall–Kier alpha value is -2.66. The lowest BCUT2D eigenvalue weighted by Gasteiger charge is -2.09. The molecule has 0 aromatic heterocycles. The molecule has 3 aromatic carbocycles. The Balaban J connectivity index is 2.18. The monoisotopic (exact) mass is 310 g/mol. The molecule has 0 amide bonds. The molecule has 4 nitrogen and oxygen atoms in total. The molecule has 0 unspecified atom stereocenters. The minimum atomic E-state index is -3.62. The van der Waals surface area contributed by atoms with Crippen molar-refractivity contribution in [2.24, 2.45) is 5.73 Å². The van der Waals surface area contributed by atoms with Crippen LogP contribution in [0.1, 0.15) is 5.56 Å². The molecule has 0 radical (unpaired) electrons. The summed E-state index contributed by atoms with van der Waals surface area (Å²) in [4.78, 5) is 0.468. The molecular weight excluding hydrogens is 296 g/mol. The Morgan fingerprint density at radius 1 is 0.864 bits per heavy atom. The maximum absolute atomic E-state index is 12.8. The first-order chi connectivity index (χ1) is 10.5. The van der Waals surface area contributed by atoms with E-state index in [1.54, 1.807) is 30.3 Å². The van der Waals surface area contributed by atoms with Gasteiger partial charge in [-0.3, -0.25) is 5.41 Å². The highest BCUT2D eigenvalue weighted by atomic mass is 32.2. The number of sulfone groups is 1. The fraction of sp³-hybridized carbons (Fsp3) is 0. The van der Waals surface area contributed by atoms with Crippen LogP contribution in [0, 0.1) is 5.41 Å². The lowest BCUT2D eigenvalue weighted by molar-refractivity contribution is 0.597. The van der Waals surface area contributed by atoms with Crippen molar-refractivity contribution < 1.29 is 8.42 Å². The number of nitrogen functional groups attached to an aromatic ring is 1. The van der Waals surface area contributed by atoms with Crippen LogP contribution in [0.25, 0.3) is 10.8 Å². The zero-order chi connectivity index (χ0) is 15.7. The average Bonchev–Trinajstić information content (AvgIpc) is 2.54. The Morgan fingerprint density at radius 2 is 1.50 bits per heavy atom. The van der Waals surface area contributed by atoms with Gasteiger partial charge in [-0.25, -0.2) is 8.42 Å². The summed E-state index contributed by atoms with van der Waals surface area (Å²) in [7, 11) is -3.62. The Kier molecular flexibility index (Phi) is 3.42. The molecule has 0 bridgehead atoms. The number of benzene rings is 3. The molecule has 0 aliphatic carbocycles. The first kappa shape index (κ1) is 14.3. The van der Waals surface area contributed by atoms with Crippen LogP contribution in [0.3, 0.4) is 0 Å². The highest BCUT2D eigenvalue weighted by Gasteiger charge is 2.20. The predicted octanol–water partition coefficient (Wildman–Crippen LogP) is 2.96. The van der Waals surface area contributed by atoms with Crippen molar-refractivity contribution in [1.82, 2.24) is 0 Å². The highest BCUT2D eigenvalue weighted by Crippen LogP contribution is 2.28. The van der Waals surface area contributed by atoms with E-state index in [1.807, 2.05) is 24.3 Å². The smallest absolute Gasteiger partial charge is 0.207 e. The first-order valence-corrected chi connectivity index (χ1v) is 8.16. The number of nitrogens with two attached hydrogens (primary N) is 1.